The Balaban J connectivity index is 3.33. The van der Waals surface area contributed by atoms with Crippen molar-refractivity contribution < 1.29 is 0 Å². The van der Waals surface area contributed by atoms with Crippen molar-refractivity contribution in [2.45, 2.75) is 110 Å². The van der Waals surface area contributed by atoms with Gasteiger partial charge in [-0.25, -0.2) is 4.52 Å². The van der Waals surface area contributed by atoms with Gasteiger partial charge in [0.05, 0.1) is 0 Å². The minimum absolute atomic E-state index is 1.03. The van der Waals surface area contributed by atoms with E-state index in [1.54, 1.807) is 11.4 Å². The monoisotopic (exact) mass is 582 g/mol. The first-order valence-electron chi connectivity index (χ1n) is 10.9. The van der Waals surface area contributed by atoms with Crippen LogP contribution in [0.3, 0.4) is 0 Å². The Morgan fingerprint density at radius 2 is 1.10 bits per heavy atom. The quantitative estimate of drug-likeness (QED) is 0.0757. The summed E-state index contributed by atoms with van der Waals surface area (Å²) < 4.78 is 5.49. The van der Waals surface area contributed by atoms with Gasteiger partial charge >= 0.3 is 0 Å². The van der Waals surface area contributed by atoms with Crippen LogP contribution in [0, 0.1) is 0 Å². The second-order valence-corrected chi connectivity index (χ2v) is 19.2. The predicted octanol–water partition coefficient (Wildman–Crippen LogP) is 13.1. The highest BCUT2D eigenvalue weighted by molar-refractivity contribution is 8.59. The second kappa shape index (κ2) is 24.0. The molecule has 2 unspecified atom stereocenters. The van der Waals surface area contributed by atoms with E-state index in [1.165, 1.54) is 107 Å². The summed E-state index contributed by atoms with van der Waals surface area (Å²) in [6.45, 7) is 0.809. The molecule has 2 atom stereocenters. The van der Waals surface area contributed by atoms with E-state index < -0.39 is 20.6 Å². The highest BCUT2D eigenvalue weighted by atomic mass is 35.9. The second-order valence-electron chi connectivity index (χ2n) is 7.20. The molecule has 0 aromatic heterocycles. The first-order valence-corrected chi connectivity index (χ1v) is 20.7. The van der Waals surface area contributed by atoms with Crippen molar-refractivity contribution in [3.63, 3.8) is 0 Å². The summed E-state index contributed by atoms with van der Waals surface area (Å²) in [5.74, 6) is 1.03. The number of nitrogens with zero attached hydrogens (tertiary/aromatic N) is 2. The van der Waals surface area contributed by atoms with Crippen LogP contribution in [0.25, 0.3) is 0 Å². The molecule has 11 heteroatoms. The van der Waals surface area contributed by atoms with Crippen LogP contribution in [-0.2, 0) is 0 Å². The van der Waals surface area contributed by atoms with E-state index in [4.69, 9.17) is 56.7 Å². The van der Waals surface area contributed by atoms with Crippen molar-refractivity contribution in [2.24, 2.45) is 4.52 Å². The van der Waals surface area contributed by atoms with Crippen LogP contribution in [0.1, 0.15) is 110 Å². The molecule has 0 N–H and O–H groups in total. The average Bonchev–Trinajstić information content (AvgIpc) is 2.69. The number of unbranched alkanes of at least 4 members (excludes halogenated alkanes) is 15. The number of hydrogen-bond acceptors (Lipinski definition) is 3. The molecule has 0 rings (SSSR count). The zero-order valence-electron chi connectivity index (χ0n) is 17.6. The lowest BCUT2D eigenvalue weighted by Crippen LogP contribution is -1.84. The van der Waals surface area contributed by atoms with E-state index >= 15 is 0 Å². The van der Waals surface area contributed by atoms with E-state index in [2.05, 4.69) is 11.4 Å². The number of rotatable bonds is 21. The molecule has 0 bridgehead atoms. The summed E-state index contributed by atoms with van der Waals surface area (Å²) >= 11 is 31.3. The van der Waals surface area contributed by atoms with Gasteiger partial charge in [-0.3, -0.25) is 0 Å². The van der Waals surface area contributed by atoms with E-state index in [-0.39, 0.29) is 0 Å². The molecule has 0 radical (unpaired) electrons. The Morgan fingerprint density at radius 1 is 0.724 bits per heavy atom. The first-order chi connectivity index (χ1) is 14.0. The Bertz CT molecular complexity index is 399. The SMILES string of the molecule is CCCCCCCCCCCCCCCCCCS/[PH](Cl)=N/P(Cl)N(Cl)P(Cl)Cl. The lowest BCUT2D eigenvalue weighted by Gasteiger charge is -2.15. The minimum Gasteiger partial charge on any atom is -0.224 e. The zero-order chi connectivity index (χ0) is 21.7. The van der Waals surface area contributed by atoms with Crippen LogP contribution >= 0.6 is 88.7 Å². The largest absolute Gasteiger partial charge is 0.224 e. The Morgan fingerprint density at radius 3 is 1.48 bits per heavy atom. The zero-order valence-corrected chi connectivity index (χ0v) is 25.0. The smallest absolute Gasteiger partial charge is 0.209 e. The molecular weight excluding hydrogens is 546 g/mol. The van der Waals surface area contributed by atoms with Gasteiger partial charge in [0.25, 0.3) is 0 Å². The molecule has 0 heterocycles. The molecule has 29 heavy (non-hydrogen) atoms. The molecule has 0 aromatic carbocycles. The van der Waals surface area contributed by atoms with E-state index in [0.29, 0.717) is 0 Å². The standard InChI is InChI=1S/C18H38Cl5N2P3S/c1-2-3-4-5-6-7-8-9-10-11-12-13-14-15-16-17-18-29-28(23)24-27(22)25(19)26(20)21/h28H,2-18H2,1H3. The molecule has 2 nitrogen and oxygen atoms in total. The lowest BCUT2D eigenvalue weighted by molar-refractivity contribution is 0.532. The maximum atomic E-state index is 6.26. The summed E-state index contributed by atoms with van der Waals surface area (Å²) in [6, 6.07) is 0. The van der Waals surface area contributed by atoms with Gasteiger partial charge in [-0.1, -0.05) is 137 Å². The summed E-state index contributed by atoms with van der Waals surface area (Å²) in [5, 5.41) is 0. The van der Waals surface area contributed by atoms with Crippen LogP contribution in [0.2, 0.25) is 0 Å². The van der Waals surface area contributed by atoms with Gasteiger partial charge in [-0.2, -0.15) is 0 Å². The minimum atomic E-state index is -1.47. The van der Waals surface area contributed by atoms with Gasteiger partial charge in [0, 0.05) is 0 Å². The van der Waals surface area contributed by atoms with E-state index in [9.17, 15) is 0 Å². The van der Waals surface area contributed by atoms with E-state index in [0.717, 1.165) is 5.75 Å². The third-order valence-electron chi connectivity index (χ3n) is 4.64. The van der Waals surface area contributed by atoms with Gasteiger partial charge < -0.3 is 0 Å². The molecule has 0 aliphatic heterocycles. The molecule has 176 valence electrons. The van der Waals surface area contributed by atoms with E-state index in [1.807, 2.05) is 0 Å². The van der Waals surface area contributed by atoms with Gasteiger partial charge in [0.15, 0.2) is 6.78 Å². The fourth-order valence-electron chi connectivity index (χ4n) is 2.99. The van der Waals surface area contributed by atoms with Crippen molar-refractivity contribution in [3.05, 3.63) is 0 Å². The van der Waals surface area contributed by atoms with Crippen molar-refractivity contribution >= 4 is 88.7 Å². The average molecular weight is 585 g/mol. The molecule has 0 saturated heterocycles. The van der Waals surface area contributed by atoms with Crippen LogP contribution in [-0.4, -0.2) is 9.71 Å². The third kappa shape index (κ3) is 22.4. The first kappa shape index (κ1) is 31.9. The summed E-state index contributed by atoms with van der Waals surface area (Å²) in [5.41, 5.74) is 0. The normalized spacial score (nSPS) is 14.2. The topological polar surface area (TPSA) is 15.6 Å². The van der Waals surface area contributed by atoms with Gasteiger partial charge in [0.2, 0.25) is 7.58 Å². The fourth-order valence-corrected chi connectivity index (χ4v) is 13.0. The molecule has 0 amide bonds. The number of hydrogen-bond donors (Lipinski definition) is 0. The third-order valence-corrected chi connectivity index (χ3v) is 16.5. The van der Waals surface area contributed by atoms with Crippen LogP contribution < -0.4 is 0 Å². The fraction of sp³-hybridized carbons (Fsp3) is 1.00. The highest BCUT2D eigenvalue weighted by Crippen LogP contribution is 2.70. The summed E-state index contributed by atoms with van der Waals surface area (Å²) in [7, 11) is -1.41. The molecule has 0 fully saturated rings. The highest BCUT2D eigenvalue weighted by Gasteiger charge is 2.20. The molecule has 0 spiro atoms. The van der Waals surface area contributed by atoms with Crippen LogP contribution in [0.4, 0.5) is 0 Å². The van der Waals surface area contributed by atoms with Crippen molar-refractivity contribution in [3.8, 4) is 0 Å². The molecule has 0 aliphatic rings. The Labute approximate surface area is 211 Å². The van der Waals surface area contributed by atoms with Crippen LogP contribution in [0.5, 0.6) is 0 Å². The van der Waals surface area contributed by atoms with Crippen molar-refractivity contribution in [1.29, 1.82) is 0 Å². The lowest BCUT2D eigenvalue weighted by atomic mass is 10.0. The number of halogens is 5. The Kier molecular flexibility index (Phi) is 26.3. The summed E-state index contributed by atoms with van der Waals surface area (Å²) in [4.78, 5) is 0. The van der Waals surface area contributed by atoms with Crippen molar-refractivity contribution in [2.75, 3.05) is 5.75 Å². The summed E-state index contributed by atoms with van der Waals surface area (Å²) in [6.07, 6.45) is 20.7. The molecule has 0 aliphatic carbocycles. The molecule has 0 saturated carbocycles. The maximum Gasteiger partial charge on any atom is 0.209 e. The predicted molar refractivity (Wildman–Crippen MR) is 148 cm³/mol. The van der Waals surface area contributed by atoms with Gasteiger partial charge in [-0.15, -0.1) is 15.3 Å². The van der Waals surface area contributed by atoms with Crippen molar-refractivity contribution in [1.82, 2.24) is 3.96 Å². The maximum absolute atomic E-state index is 6.26. The molecular formula is C18H38Cl5N2P3S. The van der Waals surface area contributed by atoms with Crippen LogP contribution in [0.15, 0.2) is 4.52 Å². The molecule has 0 aromatic rings. The Hall–Kier alpha value is 2.85. The van der Waals surface area contributed by atoms with Gasteiger partial charge in [0.1, 0.15) is 6.27 Å². The van der Waals surface area contributed by atoms with Gasteiger partial charge in [-0.05, 0) is 35.2 Å².